The maximum absolute atomic E-state index is 12.6. The zero-order valence-electron chi connectivity index (χ0n) is 11.6. The predicted octanol–water partition coefficient (Wildman–Crippen LogP) is 1.23. The molecule has 2 aliphatic heterocycles. The molecule has 18 heavy (non-hydrogen) atoms. The Bertz CT molecular complexity index is 351. The second-order valence-corrected chi connectivity index (χ2v) is 7.24. The van der Waals surface area contributed by atoms with E-state index in [9.17, 15) is 9.00 Å². The number of nitrogens with zero attached hydrogens (tertiary/aromatic N) is 1. The topological polar surface area (TPSA) is 49.4 Å². The summed E-state index contributed by atoms with van der Waals surface area (Å²) in [6, 6.07) is 0.279. The molecule has 2 fully saturated rings. The molecule has 0 saturated carbocycles. The van der Waals surface area contributed by atoms with Gasteiger partial charge in [0.1, 0.15) is 0 Å². The highest BCUT2D eigenvalue weighted by molar-refractivity contribution is 7.85. The van der Waals surface area contributed by atoms with E-state index >= 15 is 0 Å². The maximum atomic E-state index is 12.6. The van der Waals surface area contributed by atoms with Crippen LogP contribution < -0.4 is 5.32 Å². The van der Waals surface area contributed by atoms with Crippen LogP contribution in [0.15, 0.2) is 0 Å². The second kappa shape index (κ2) is 5.29. The van der Waals surface area contributed by atoms with Gasteiger partial charge in [-0.1, -0.05) is 13.8 Å². The Morgan fingerprint density at radius 1 is 1.39 bits per heavy atom. The third-order valence-electron chi connectivity index (χ3n) is 4.37. The number of hydrogen-bond acceptors (Lipinski definition) is 3. The Balaban J connectivity index is 2.15. The van der Waals surface area contributed by atoms with Gasteiger partial charge in [-0.2, -0.15) is 0 Å². The highest BCUT2D eigenvalue weighted by atomic mass is 32.2. The molecule has 104 valence electrons. The highest BCUT2D eigenvalue weighted by Crippen LogP contribution is 2.30. The summed E-state index contributed by atoms with van der Waals surface area (Å²) >= 11 is 0. The van der Waals surface area contributed by atoms with Crippen LogP contribution >= 0.6 is 0 Å². The van der Waals surface area contributed by atoms with Crippen molar-refractivity contribution in [2.24, 2.45) is 0 Å². The van der Waals surface area contributed by atoms with Crippen molar-refractivity contribution >= 4 is 16.7 Å². The molecule has 1 N–H and O–H groups in total. The van der Waals surface area contributed by atoms with Crippen LogP contribution in [0.1, 0.15) is 46.5 Å². The van der Waals surface area contributed by atoms with Gasteiger partial charge >= 0.3 is 0 Å². The molecular weight excluding hydrogens is 248 g/mol. The van der Waals surface area contributed by atoms with Crippen molar-refractivity contribution in [2.75, 3.05) is 11.5 Å². The van der Waals surface area contributed by atoms with Gasteiger partial charge in [-0.05, 0) is 32.6 Å². The quantitative estimate of drug-likeness (QED) is 0.841. The van der Waals surface area contributed by atoms with Crippen LogP contribution in [0.4, 0.5) is 0 Å². The van der Waals surface area contributed by atoms with Gasteiger partial charge < -0.3 is 4.90 Å². The smallest absolute Gasteiger partial charge is 0.244 e. The molecule has 4 nitrogen and oxygen atoms in total. The molecule has 2 rings (SSSR count). The lowest BCUT2D eigenvalue weighted by Gasteiger charge is -2.34. The van der Waals surface area contributed by atoms with E-state index in [1.54, 1.807) is 0 Å². The van der Waals surface area contributed by atoms with Crippen molar-refractivity contribution in [1.82, 2.24) is 10.2 Å². The summed E-state index contributed by atoms with van der Waals surface area (Å²) in [6.45, 7) is 6.16. The Hall–Kier alpha value is -0.420. The molecule has 0 spiro atoms. The van der Waals surface area contributed by atoms with E-state index in [1.165, 1.54) is 0 Å². The number of nitrogens with one attached hydrogen (secondary N) is 1. The van der Waals surface area contributed by atoms with Crippen molar-refractivity contribution in [3.8, 4) is 0 Å². The lowest BCUT2D eigenvalue weighted by molar-refractivity contribution is -0.135. The van der Waals surface area contributed by atoms with Crippen LogP contribution in [0, 0.1) is 0 Å². The number of carbonyl (C=O) groups excluding carboxylic acids is 1. The largest absolute Gasteiger partial charge is 0.323 e. The minimum atomic E-state index is -0.665. The van der Waals surface area contributed by atoms with Crippen LogP contribution in [0.5, 0.6) is 0 Å². The van der Waals surface area contributed by atoms with E-state index in [-0.39, 0.29) is 18.1 Å². The molecule has 2 heterocycles. The second-order valence-electron chi connectivity index (χ2n) is 5.55. The SMILES string of the molecule is CCC1NC(C)(CC)C(=O)N1C1CCS(=O)CC1. The van der Waals surface area contributed by atoms with Crippen molar-refractivity contribution < 1.29 is 9.00 Å². The Labute approximate surface area is 112 Å². The van der Waals surface area contributed by atoms with Crippen molar-refractivity contribution in [2.45, 2.75) is 64.2 Å². The van der Waals surface area contributed by atoms with E-state index in [0.29, 0.717) is 0 Å². The fourth-order valence-corrected chi connectivity index (χ4v) is 4.23. The molecule has 0 aliphatic carbocycles. The first-order valence-corrected chi connectivity index (χ1v) is 8.46. The normalized spacial score (nSPS) is 41.4. The lowest BCUT2D eigenvalue weighted by atomic mass is 9.98. The molecule has 2 aliphatic rings. The minimum absolute atomic E-state index is 0.152. The van der Waals surface area contributed by atoms with E-state index in [4.69, 9.17) is 0 Å². The Kier molecular flexibility index (Phi) is 4.11. The highest BCUT2D eigenvalue weighted by Gasteiger charge is 2.48. The van der Waals surface area contributed by atoms with Crippen LogP contribution in [-0.2, 0) is 15.6 Å². The van der Waals surface area contributed by atoms with Gasteiger partial charge in [0.05, 0.1) is 11.7 Å². The molecule has 0 aromatic heterocycles. The Morgan fingerprint density at radius 3 is 2.50 bits per heavy atom. The van der Waals surface area contributed by atoms with Gasteiger partial charge in [0.25, 0.3) is 0 Å². The molecule has 2 atom stereocenters. The molecule has 0 aromatic carbocycles. The van der Waals surface area contributed by atoms with Gasteiger partial charge in [-0.15, -0.1) is 0 Å². The molecule has 5 heteroatoms. The minimum Gasteiger partial charge on any atom is -0.323 e. The molecule has 0 aromatic rings. The first-order valence-electron chi connectivity index (χ1n) is 6.97. The Morgan fingerprint density at radius 2 is 2.00 bits per heavy atom. The van der Waals surface area contributed by atoms with Gasteiger partial charge in [0.2, 0.25) is 5.91 Å². The molecule has 0 bridgehead atoms. The maximum Gasteiger partial charge on any atom is 0.244 e. The number of carbonyl (C=O) groups is 1. The summed E-state index contributed by atoms with van der Waals surface area (Å²) in [4.78, 5) is 14.6. The summed E-state index contributed by atoms with van der Waals surface area (Å²) in [5.74, 6) is 1.72. The van der Waals surface area contributed by atoms with Crippen molar-refractivity contribution in [1.29, 1.82) is 0 Å². The van der Waals surface area contributed by atoms with Gasteiger partial charge in [-0.3, -0.25) is 14.3 Å². The van der Waals surface area contributed by atoms with Crippen molar-refractivity contribution in [3.05, 3.63) is 0 Å². The summed E-state index contributed by atoms with van der Waals surface area (Å²) in [5.41, 5.74) is -0.405. The van der Waals surface area contributed by atoms with E-state index in [2.05, 4.69) is 19.2 Å². The number of amides is 1. The average Bonchev–Trinajstić information content (AvgIpc) is 2.64. The monoisotopic (exact) mass is 272 g/mol. The molecule has 0 radical (unpaired) electrons. The first kappa shape index (κ1) is 14.0. The van der Waals surface area contributed by atoms with Crippen LogP contribution in [0.2, 0.25) is 0 Å². The van der Waals surface area contributed by atoms with Crippen molar-refractivity contribution in [3.63, 3.8) is 0 Å². The van der Waals surface area contributed by atoms with Gasteiger partial charge in [0, 0.05) is 28.3 Å². The van der Waals surface area contributed by atoms with Gasteiger partial charge in [0.15, 0.2) is 0 Å². The van der Waals surface area contributed by atoms with E-state index in [0.717, 1.165) is 37.2 Å². The molecular formula is C13H24N2O2S. The third kappa shape index (κ3) is 2.35. The standard InChI is InChI=1S/C13H24N2O2S/c1-4-11-14-13(3,5-2)12(16)15(11)10-6-8-18(17)9-7-10/h10-11,14H,4-9H2,1-3H3. The summed E-state index contributed by atoms with van der Waals surface area (Å²) < 4.78 is 11.4. The van der Waals surface area contributed by atoms with Crippen LogP contribution in [-0.4, -0.2) is 44.3 Å². The summed E-state index contributed by atoms with van der Waals surface area (Å²) in [7, 11) is -0.665. The third-order valence-corrected chi connectivity index (χ3v) is 5.75. The first-order chi connectivity index (χ1) is 8.51. The zero-order valence-corrected chi connectivity index (χ0v) is 12.4. The lowest BCUT2D eigenvalue weighted by Crippen LogP contribution is -2.47. The molecule has 1 amide bonds. The summed E-state index contributed by atoms with van der Waals surface area (Å²) in [5, 5.41) is 3.48. The number of rotatable bonds is 3. The average molecular weight is 272 g/mol. The zero-order chi connectivity index (χ0) is 13.3. The number of hydrogen-bond donors (Lipinski definition) is 1. The van der Waals surface area contributed by atoms with Crippen LogP contribution in [0.25, 0.3) is 0 Å². The fourth-order valence-electron chi connectivity index (χ4n) is 2.96. The molecule has 2 saturated heterocycles. The van der Waals surface area contributed by atoms with E-state index < -0.39 is 16.3 Å². The predicted molar refractivity (Wildman–Crippen MR) is 73.7 cm³/mol. The summed E-state index contributed by atoms with van der Waals surface area (Å²) in [6.07, 6.45) is 3.67. The van der Waals surface area contributed by atoms with Gasteiger partial charge in [-0.25, -0.2) is 0 Å². The van der Waals surface area contributed by atoms with E-state index in [1.807, 2.05) is 11.8 Å². The fraction of sp³-hybridized carbons (Fsp3) is 0.923. The van der Waals surface area contributed by atoms with Crippen LogP contribution in [0.3, 0.4) is 0 Å². The molecule has 2 unspecified atom stereocenters.